The number of primary amides is 1. The normalized spacial score (nSPS) is 32.9. The minimum absolute atomic E-state index is 0.00264. The van der Waals surface area contributed by atoms with Gasteiger partial charge in [0.1, 0.15) is 18.0 Å². The molecule has 1 aliphatic rings. The molecule has 0 saturated carbocycles. The van der Waals surface area contributed by atoms with Crippen LogP contribution in [-0.2, 0) is 4.74 Å². The highest BCUT2D eigenvalue weighted by Crippen LogP contribution is 2.31. The van der Waals surface area contributed by atoms with Crippen LogP contribution in [0.2, 0.25) is 0 Å². The number of amides is 1. The minimum atomic E-state index is -1.14. The first-order valence-corrected chi connectivity index (χ1v) is 5.07. The lowest BCUT2D eigenvalue weighted by atomic mass is 10.1. The zero-order valence-corrected chi connectivity index (χ0v) is 9.15. The van der Waals surface area contributed by atoms with E-state index in [1.807, 2.05) is 0 Å². The molecule has 1 aromatic heterocycles. The first kappa shape index (κ1) is 11.8. The number of ether oxygens (including phenoxy) is 1. The molecule has 17 heavy (non-hydrogen) atoms. The van der Waals surface area contributed by atoms with Crippen LogP contribution in [0.3, 0.4) is 0 Å². The lowest BCUT2D eigenvalue weighted by molar-refractivity contribution is -0.0308. The molecule has 94 valence electrons. The van der Waals surface area contributed by atoms with Crippen LogP contribution >= 0.6 is 0 Å². The molecule has 1 aliphatic heterocycles. The molecule has 2 rings (SSSR count). The van der Waals surface area contributed by atoms with Crippen LogP contribution in [-0.4, -0.2) is 44.0 Å². The van der Waals surface area contributed by atoms with E-state index in [0.717, 1.165) is 0 Å². The number of anilines is 1. The Morgan fingerprint density at radius 1 is 1.53 bits per heavy atom. The quantitative estimate of drug-likeness (QED) is 0.483. The van der Waals surface area contributed by atoms with Gasteiger partial charge in [-0.3, -0.25) is 9.36 Å². The van der Waals surface area contributed by atoms with E-state index < -0.39 is 30.4 Å². The Labute approximate surface area is 96.8 Å². The summed E-state index contributed by atoms with van der Waals surface area (Å²) in [5.74, 6) is -0.759. The monoisotopic (exact) mass is 242 g/mol. The number of rotatable bonds is 2. The summed E-state index contributed by atoms with van der Waals surface area (Å²) in [5.41, 5.74) is 10.6. The number of aliphatic hydroxyl groups is 2. The van der Waals surface area contributed by atoms with E-state index >= 15 is 0 Å². The molecular weight excluding hydrogens is 228 g/mol. The zero-order valence-electron chi connectivity index (χ0n) is 9.15. The topological polar surface area (TPSA) is 137 Å². The van der Waals surface area contributed by atoms with Crippen molar-refractivity contribution >= 4 is 11.7 Å². The van der Waals surface area contributed by atoms with Crippen LogP contribution in [0, 0.1) is 0 Å². The largest absolute Gasteiger partial charge is 0.388 e. The molecule has 2 heterocycles. The average Bonchev–Trinajstić information content (AvgIpc) is 2.75. The molecule has 0 unspecified atom stereocenters. The van der Waals surface area contributed by atoms with E-state index in [0.29, 0.717) is 0 Å². The Morgan fingerprint density at radius 3 is 2.59 bits per heavy atom. The smallest absolute Gasteiger partial charge is 0.271 e. The van der Waals surface area contributed by atoms with E-state index in [-0.39, 0.29) is 11.5 Å². The summed E-state index contributed by atoms with van der Waals surface area (Å²) in [4.78, 5) is 14.7. The third-order valence-electron chi connectivity index (χ3n) is 2.82. The number of nitrogens with two attached hydrogens (primary N) is 2. The van der Waals surface area contributed by atoms with Crippen molar-refractivity contribution in [3.63, 3.8) is 0 Å². The van der Waals surface area contributed by atoms with Gasteiger partial charge in [-0.2, -0.15) is 0 Å². The molecule has 0 bridgehead atoms. The summed E-state index contributed by atoms with van der Waals surface area (Å²) in [7, 11) is 0. The Balaban J connectivity index is 2.33. The van der Waals surface area contributed by atoms with Gasteiger partial charge in [-0.25, -0.2) is 4.98 Å². The number of imidazole rings is 1. The fourth-order valence-corrected chi connectivity index (χ4v) is 1.82. The van der Waals surface area contributed by atoms with Crippen LogP contribution in [0.5, 0.6) is 0 Å². The van der Waals surface area contributed by atoms with Crippen molar-refractivity contribution in [2.45, 2.75) is 31.5 Å². The van der Waals surface area contributed by atoms with Crippen molar-refractivity contribution < 1.29 is 19.7 Å². The second-order valence-electron chi connectivity index (χ2n) is 3.96. The molecule has 0 aromatic carbocycles. The maximum Gasteiger partial charge on any atom is 0.271 e. The maximum atomic E-state index is 11.0. The highest BCUT2D eigenvalue weighted by molar-refractivity contribution is 5.95. The van der Waals surface area contributed by atoms with E-state index in [4.69, 9.17) is 16.2 Å². The summed E-state index contributed by atoms with van der Waals surface area (Å²) in [5, 5.41) is 19.3. The van der Waals surface area contributed by atoms with Gasteiger partial charge in [-0.1, -0.05) is 0 Å². The van der Waals surface area contributed by atoms with Crippen LogP contribution in [0.25, 0.3) is 0 Å². The van der Waals surface area contributed by atoms with E-state index in [9.17, 15) is 15.0 Å². The summed E-state index contributed by atoms with van der Waals surface area (Å²) in [6.07, 6.45) is -2.32. The Hall–Kier alpha value is -1.64. The van der Waals surface area contributed by atoms with Crippen molar-refractivity contribution in [1.29, 1.82) is 0 Å². The van der Waals surface area contributed by atoms with Gasteiger partial charge >= 0.3 is 0 Å². The van der Waals surface area contributed by atoms with Gasteiger partial charge in [0, 0.05) is 0 Å². The molecule has 0 spiro atoms. The second-order valence-corrected chi connectivity index (χ2v) is 3.96. The predicted molar refractivity (Wildman–Crippen MR) is 56.8 cm³/mol. The summed E-state index contributed by atoms with van der Waals surface area (Å²) < 4.78 is 6.61. The first-order chi connectivity index (χ1) is 7.93. The van der Waals surface area contributed by atoms with Crippen LogP contribution < -0.4 is 11.5 Å². The molecule has 0 radical (unpaired) electrons. The number of aliphatic hydroxyl groups excluding tert-OH is 2. The molecule has 1 fully saturated rings. The maximum absolute atomic E-state index is 11.0. The van der Waals surface area contributed by atoms with Gasteiger partial charge in [-0.05, 0) is 6.92 Å². The Morgan fingerprint density at radius 2 is 2.18 bits per heavy atom. The standard InChI is InChI=1S/C9H14N4O4/c1-3-5(14)6(15)9(17-3)13-2-12-4(7(13)10)8(11)16/h2-3,5-6,9,14-15H,10H2,1H3,(H2,11,16)/t3-,5-,6-,9-/m1/s1. The van der Waals surface area contributed by atoms with Gasteiger partial charge in [-0.15, -0.1) is 0 Å². The minimum Gasteiger partial charge on any atom is -0.388 e. The van der Waals surface area contributed by atoms with E-state index in [2.05, 4.69) is 4.98 Å². The number of carbonyl (C=O) groups excluding carboxylic acids is 1. The molecule has 8 nitrogen and oxygen atoms in total. The van der Waals surface area contributed by atoms with E-state index in [1.165, 1.54) is 10.9 Å². The fourth-order valence-electron chi connectivity index (χ4n) is 1.82. The van der Waals surface area contributed by atoms with Crippen LogP contribution in [0.4, 0.5) is 5.82 Å². The van der Waals surface area contributed by atoms with Gasteiger partial charge in [0.25, 0.3) is 5.91 Å². The Kier molecular flexibility index (Phi) is 2.77. The molecule has 8 heteroatoms. The third kappa shape index (κ3) is 1.75. The first-order valence-electron chi connectivity index (χ1n) is 5.07. The molecule has 6 N–H and O–H groups in total. The zero-order chi connectivity index (χ0) is 12.7. The SMILES string of the molecule is C[C@H]1O[C@@H](n2cnc(C(N)=O)c2N)[C@H](O)[C@@H]1O. The van der Waals surface area contributed by atoms with Gasteiger partial charge in [0.15, 0.2) is 11.9 Å². The predicted octanol–water partition coefficient (Wildman–Crippen LogP) is -1.80. The van der Waals surface area contributed by atoms with Crippen molar-refractivity contribution in [2.24, 2.45) is 5.73 Å². The van der Waals surface area contributed by atoms with Gasteiger partial charge in [0.05, 0.1) is 12.4 Å². The van der Waals surface area contributed by atoms with Crippen molar-refractivity contribution in [2.75, 3.05) is 5.73 Å². The third-order valence-corrected chi connectivity index (χ3v) is 2.82. The molecular formula is C9H14N4O4. The van der Waals surface area contributed by atoms with Crippen LogP contribution in [0.1, 0.15) is 23.6 Å². The van der Waals surface area contributed by atoms with Crippen LogP contribution in [0.15, 0.2) is 6.33 Å². The number of carbonyl (C=O) groups is 1. The fraction of sp³-hybridized carbons (Fsp3) is 0.556. The average molecular weight is 242 g/mol. The highest BCUT2D eigenvalue weighted by atomic mass is 16.6. The van der Waals surface area contributed by atoms with Crippen molar-refractivity contribution in [3.8, 4) is 0 Å². The lowest BCUT2D eigenvalue weighted by Crippen LogP contribution is -2.30. The molecule has 4 atom stereocenters. The number of hydrogen-bond donors (Lipinski definition) is 4. The van der Waals surface area contributed by atoms with Crippen molar-refractivity contribution in [1.82, 2.24) is 9.55 Å². The lowest BCUT2D eigenvalue weighted by Gasteiger charge is -2.17. The Bertz CT molecular complexity index is 446. The van der Waals surface area contributed by atoms with Crippen molar-refractivity contribution in [3.05, 3.63) is 12.0 Å². The molecule has 1 amide bonds. The molecule has 1 saturated heterocycles. The van der Waals surface area contributed by atoms with Gasteiger partial charge < -0.3 is 26.4 Å². The number of aromatic nitrogens is 2. The number of nitrogen functional groups attached to an aromatic ring is 1. The summed E-state index contributed by atoms with van der Waals surface area (Å²) >= 11 is 0. The number of nitrogens with zero attached hydrogens (tertiary/aromatic N) is 2. The number of hydrogen-bond acceptors (Lipinski definition) is 6. The van der Waals surface area contributed by atoms with E-state index in [1.54, 1.807) is 6.92 Å². The highest BCUT2D eigenvalue weighted by Gasteiger charge is 2.42. The molecule has 0 aliphatic carbocycles. The molecule has 1 aromatic rings. The van der Waals surface area contributed by atoms with Gasteiger partial charge in [0.2, 0.25) is 0 Å². The summed E-state index contributed by atoms with van der Waals surface area (Å²) in [6, 6.07) is 0. The second kappa shape index (κ2) is 3.99. The summed E-state index contributed by atoms with van der Waals surface area (Å²) in [6.45, 7) is 1.62.